The topological polar surface area (TPSA) is 58.6 Å². The average molecular weight is 325 g/mol. The van der Waals surface area contributed by atoms with Crippen LogP contribution < -0.4 is 10.1 Å². The van der Waals surface area contributed by atoms with Crippen LogP contribution in [0.5, 0.6) is 5.75 Å². The Hall–Kier alpha value is -2.33. The maximum absolute atomic E-state index is 12.6. The van der Waals surface area contributed by atoms with Crippen LogP contribution in [0.4, 0.5) is 0 Å². The third-order valence-corrected chi connectivity index (χ3v) is 4.56. The predicted octanol–water partition coefficient (Wildman–Crippen LogP) is 2.27. The molecule has 1 amide bonds. The van der Waals surface area contributed by atoms with E-state index in [0.29, 0.717) is 19.3 Å². The zero-order chi connectivity index (χ0) is 17.2. The van der Waals surface area contributed by atoms with E-state index in [4.69, 9.17) is 4.74 Å². The lowest BCUT2D eigenvalue weighted by Gasteiger charge is -2.24. The number of rotatable bonds is 5. The van der Waals surface area contributed by atoms with E-state index >= 15 is 0 Å². The molecule has 0 aliphatic heterocycles. The fraction of sp³-hybridized carbons (Fsp3) is 0.350. The van der Waals surface area contributed by atoms with Gasteiger partial charge in [0.2, 0.25) is 0 Å². The summed E-state index contributed by atoms with van der Waals surface area (Å²) < 4.78 is 5.22. The summed E-state index contributed by atoms with van der Waals surface area (Å²) in [5.41, 5.74) is 1.85. The minimum Gasteiger partial charge on any atom is -0.497 e. The van der Waals surface area contributed by atoms with Gasteiger partial charge in [-0.1, -0.05) is 36.4 Å². The Bertz CT molecular complexity index is 716. The maximum Gasteiger partial charge on any atom is 0.252 e. The van der Waals surface area contributed by atoms with Crippen molar-refractivity contribution in [3.05, 3.63) is 65.2 Å². The van der Waals surface area contributed by atoms with Gasteiger partial charge in [0.15, 0.2) is 5.60 Å². The van der Waals surface area contributed by atoms with Crippen LogP contribution in [0.25, 0.3) is 0 Å². The molecule has 0 bridgehead atoms. The molecule has 0 saturated heterocycles. The number of aliphatic hydroxyl groups is 1. The number of carbonyl (C=O) groups excluding carboxylic acids is 1. The molecule has 0 fully saturated rings. The summed E-state index contributed by atoms with van der Waals surface area (Å²) in [7, 11) is 1.64. The quantitative estimate of drug-likeness (QED) is 0.887. The van der Waals surface area contributed by atoms with E-state index < -0.39 is 5.60 Å². The van der Waals surface area contributed by atoms with E-state index in [0.717, 1.165) is 22.4 Å². The highest BCUT2D eigenvalue weighted by Gasteiger charge is 2.42. The summed E-state index contributed by atoms with van der Waals surface area (Å²) in [4.78, 5) is 12.6. The van der Waals surface area contributed by atoms with Gasteiger partial charge >= 0.3 is 0 Å². The van der Waals surface area contributed by atoms with Crippen LogP contribution in [0.15, 0.2) is 48.5 Å². The minimum absolute atomic E-state index is 0.0719. The van der Waals surface area contributed by atoms with Gasteiger partial charge in [-0.05, 0) is 42.2 Å². The number of nitrogens with one attached hydrogen (secondary N) is 1. The van der Waals surface area contributed by atoms with Crippen molar-refractivity contribution in [1.29, 1.82) is 0 Å². The Kier molecular flexibility index (Phi) is 4.58. The van der Waals surface area contributed by atoms with Crippen LogP contribution in [0.3, 0.4) is 0 Å². The van der Waals surface area contributed by atoms with Gasteiger partial charge in [-0.25, -0.2) is 0 Å². The molecule has 3 rings (SSSR count). The summed E-state index contributed by atoms with van der Waals surface area (Å²) >= 11 is 0. The zero-order valence-corrected chi connectivity index (χ0v) is 14.1. The summed E-state index contributed by atoms with van der Waals surface area (Å²) in [6.45, 7) is 1.95. The number of carbonyl (C=O) groups is 1. The highest BCUT2D eigenvalue weighted by atomic mass is 16.5. The van der Waals surface area contributed by atoms with E-state index in [1.165, 1.54) is 0 Å². The minimum atomic E-state index is -1.34. The van der Waals surface area contributed by atoms with Gasteiger partial charge in [-0.2, -0.15) is 0 Å². The van der Waals surface area contributed by atoms with Crippen molar-refractivity contribution in [2.24, 2.45) is 0 Å². The number of hydrogen-bond acceptors (Lipinski definition) is 3. The molecular formula is C20H23NO3. The largest absolute Gasteiger partial charge is 0.497 e. The SMILES string of the molecule is COc1cccc(C[C@@H](C)NC(=O)C2(O)Cc3ccccc3C2)c1. The van der Waals surface area contributed by atoms with Crippen molar-refractivity contribution >= 4 is 5.91 Å². The third-order valence-electron chi connectivity index (χ3n) is 4.56. The molecule has 4 heteroatoms. The molecule has 1 aliphatic rings. The van der Waals surface area contributed by atoms with E-state index in [1.54, 1.807) is 7.11 Å². The van der Waals surface area contributed by atoms with Gasteiger partial charge in [0.1, 0.15) is 5.75 Å². The summed E-state index contributed by atoms with van der Waals surface area (Å²) in [6.07, 6.45) is 1.44. The molecule has 126 valence electrons. The number of hydrogen-bond donors (Lipinski definition) is 2. The Morgan fingerprint density at radius 1 is 1.21 bits per heavy atom. The van der Waals surface area contributed by atoms with Gasteiger partial charge < -0.3 is 15.2 Å². The molecule has 2 N–H and O–H groups in total. The molecule has 0 unspecified atom stereocenters. The predicted molar refractivity (Wildman–Crippen MR) is 93.1 cm³/mol. The molecule has 0 heterocycles. The third kappa shape index (κ3) is 3.44. The lowest BCUT2D eigenvalue weighted by atomic mass is 9.98. The lowest BCUT2D eigenvalue weighted by molar-refractivity contribution is -0.139. The fourth-order valence-electron chi connectivity index (χ4n) is 3.32. The summed E-state index contributed by atoms with van der Waals surface area (Å²) in [5.74, 6) is 0.505. The molecule has 1 atom stereocenters. The van der Waals surface area contributed by atoms with Crippen LogP contribution in [0, 0.1) is 0 Å². The number of ether oxygens (including phenoxy) is 1. The Balaban J connectivity index is 1.62. The molecule has 24 heavy (non-hydrogen) atoms. The molecule has 2 aromatic rings. The number of fused-ring (bicyclic) bond motifs is 1. The monoisotopic (exact) mass is 325 g/mol. The van der Waals surface area contributed by atoms with Gasteiger partial charge in [0.25, 0.3) is 5.91 Å². The number of benzene rings is 2. The second-order valence-electron chi connectivity index (χ2n) is 6.58. The first-order valence-corrected chi connectivity index (χ1v) is 8.23. The average Bonchev–Trinajstić information content (AvgIpc) is 2.92. The lowest BCUT2D eigenvalue weighted by Crippen LogP contribution is -2.50. The first-order valence-electron chi connectivity index (χ1n) is 8.23. The molecule has 4 nitrogen and oxygen atoms in total. The standard InChI is InChI=1S/C20H23NO3/c1-14(10-15-6-5-9-18(11-15)24-2)21-19(22)20(23)12-16-7-3-4-8-17(16)13-20/h3-9,11,14,23H,10,12-13H2,1-2H3,(H,21,22)/t14-/m1/s1. The Labute approximate surface area is 142 Å². The van der Waals surface area contributed by atoms with Crippen LogP contribution in [0.1, 0.15) is 23.6 Å². The Morgan fingerprint density at radius 3 is 2.50 bits per heavy atom. The van der Waals surface area contributed by atoms with Gasteiger partial charge in [0, 0.05) is 18.9 Å². The van der Waals surface area contributed by atoms with E-state index in [2.05, 4.69) is 5.32 Å². The number of amides is 1. The summed E-state index contributed by atoms with van der Waals surface area (Å²) in [6, 6.07) is 15.5. The zero-order valence-electron chi connectivity index (χ0n) is 14.1. The molecule has 0 aromatic heterocycles. The maximum atomic E-state index is 12.6. The number of methoxy groups -OCH3 is 1. The second kappa shape index (κ2) is 6.65. The van der Waals surface area contributed by atoms with E-state index in [1.807, 2.05) is 55.5 Å². The normalized spacial score (nSPS) is 16.3. The van der Waals surface area contributed by atoms with Crippen molar-refractivity contribution < 1.29 is 14.6 Å². The van der Waals surface area contributed by atoms with Crippen LogP contribution in [0.2, 0.25) is 0 Å². The molecule has 0 radical (unpaired) electrons. The van der Waals surface area contributed by atoms with Crippen molar-refractivity contribution in [3.8, 4) is 5.75 Å². The van der Waals surface area contributed by atoms with Crippen LogP contribution in [-0.4, -0.2) is 29.8 Å². The van der Waals surface area contributed by atoms with E-state index in [9.17, 15) is 9.90 Å². The highest BCUT2D eigenvalue weighted by Crippen LogP contribution is 2.30. The second-order valence-corrected chi connectivity index (χ2v) is 6.58. The van der Waals surface area contributed by atoms with Crippen molar-refractivity contribution in [3.63, 3.8) is 0 Å². The molecule has 2 aromatic carbocycles. The smallest absolute Gasteiger partial charge is 0.252 e. The molecular weight excluding hydrogens is 302 g/mol. The fourth-order valence-corrected chi connectivity index (χ4v) is 3.32. The Morgan fingerprint density at radius 2 is 1.88 bits per heavy atom. The molecule has 0 saturated carbocycles. The first-order chi connectivity index (χ1) is 11.5. The van der Waals surface area contributed by atoms with Crippen LogP contribution in [-0.2, 0) is 24.1 Å². The van der Waals surface area contributed by atoms with Crippen molar-refractivity contribution in [2.45, 2.75) is 37.8 Å². The summed E-state index contributed by atoms with van der Waals surface area (Å²) in [5, 5.41) is 13.7. The first kappa shape index (κ1) is 16.5. The van der Waals surface area contributed by atoms with Crippen LogP contribution >= 0.6 is 0 Å². The van der Waals surface area contributed by atoms with Gasteiger partial charge in [0.05, 0.1) is 7.11 Å². The van der Waals surface area contributed by atoms with Crippen molar-refractivity contribution in [2.75, 3.05) is 7.11 Å². The highest BCUT2D eigenvalue weighted by molar-refractivity contribution is 5.87. The van der Waals surface area contributed by atoms with Gasteiger partial charge in [-0.15, -0.1) is 0 Å². The van der Waals surface area contributed by atoms with E-state index in [-0.39, 0.29) is 11.9 Å². The van der Waals surface area contributed by atoms with Crippen molar-refractivity contribution in [1.82, 2.24) is 5.32 Å². The molecule has 0 spiro atoms. The van der Waals surface area contributed by atoms with Gasteiger partial charge in [-0.3, -0.25) is 4.79 Å². The molecule has 1 aliphatic carbocycles.